The zero-order valence-electron chi connectivity index (χ0n) is 17.1. The third kappa shape index (κ3) is 12.8. The fourth-order valence-electron chi connectivity index (χ4n) is 2.32. The van der Waals surface area contributed by atoms with Crippen molar-refractivity contribution in [3.63, 3.8) is 0 Å². The maximum atomic E-state index is 5.92. The van der Waals surface area contributed by atoms with Crippen LogP contribution < -0.4 is 5.32 Å². The van der Waals surface area contributed by atoms with E-state index in [9.17, 15) is 0 Å². The van der Waals surface area contributed by atoms with Crippen LogP contribution >= 0.6 is 11.8 Å². The molecule has 0 saturated heterocycles. The molecule has 0 bridgehead atoms. The molecule has 0 aromatic heterocycles. The van der Waals surface area contributed by atoms with E-state index in [0.29, 0.717) is 19.8 Å². The van der Waals surface area contributed by atoms with Gasteiger partial charge in [0.15, 0.2) is 5.17 Å². The summed E-state index contributed by atoms with van der Waals surface area (Å²) < 4.78 is 17.7. The Labute approximate surface area is 161 Å². The second kappa shape index (κ2) is 17.3. The lowest BCUT2D eigenvalue weighted by atomic mass is 10.3. The molecule has 0 radical (unpaired) electrons. The van der Waals surface area contributed by atoms with Gasteiger partial charge in [0.25, 0.3) is 0 Å². The van der Waals surface area contributed by atoms with Crippen molar-refractivity contribution in [1.82, 2.24) is 5.32 Å². The highest BCUT2D eigenvalue weighted by atomic mass is 32.2. The molecule has 150 valence electrons. The van der Waals surface area contributed by atoms with Gasteiger partial charge in [0.2, 0.25) is 0 Å². The molecule has 0 rings (SSSR count). The standard InChI is InChI=1S/C18H40N2O3SSi/c1-6-11-14-19-18(20-15-12-7-2)24-16-13-17-25(21-8-3,22-9-4)23-10-5/h6-17H2,1-5H3,(H,19,20). The molecule has 0 aliphatic rings. The van der Waals surface area contributed by atoms with E-state index in [1.54, 1.807) is 0 Å². The summed E-state index contributed by atoms with van der Waals surface area (Å²) >= 11 is 1.81. The Kier molecular flexibility index (Phi) is 17.3. The molecule has 0 aromatic rings. The topological polar surface area (TPSA) is 52.1 Å². The summed E-state index contributed by atoms with van der Waals surface area (Å²) in [5, 5.41) is 4.57. The highest BCUT2D eigenvalue weighted by molar-refractivity contribution is 8.13. The van der Waals surface area contributed by atoms with Gasteiger partial charge < -0.3 is 18.6 Å². The zero-order valence-corrected chi connectivity index (χ0v) is 18.9. The number of nitrogens with zero attached hydrogens (tertiary/aromatic N) is 1. The maximum Gasteiger partial charge on any atom is 0.500 e. The lowest BCUT2D eigenvalue weighted by Gasteiger charge is -2.28. The van der Waals surface area contributed by atoms with Crippen LogP contribution in [0.2, 0.25) is 6.04 Å². The highest BCUT2D eigenvalue weighted by Crippen LogP contribution is 2.20. The molecule has 0 aromatic carbocycles. The fraction of sp³-hybridized carbons (Fsp3) is 0.944. The highest BCUT2D eigenvalue weighted by Gasteiger charge is 2.39. The van der Waals surface area contributed by atoms with Gasteiger partial charge >= 0.3 is 8.80 Å². The van der Waals surface area contributed by atoms with Crippen LogP contribution in [0.25, 0.3) is 0 Å². The van der Waals surface area contributed by atoms with Crippen LogP contribution in [0.5, 0.6) is 0 Å². The van der Waals surface area contributed by atoms with Crippen LogP contribution in [0.4, 0.5) is 0 Å². The number of rotatable bonds is 16. The molecule has 0 spiro atoms. The fourth-order valence-corrected chi connectivity index (χ4v) is 6.06. The molecule has 0 unspecified atom stereocenters. The lowest BCUT2D eigenvalue weighted by molar-refractivity contribution is 0.0712. The third-order valence-electron chi connectivity index (χ3n) is 3.53. The molecule has 0 aliphatic carbocycles. The van der Waals surface area contributed by atoms with Crippen molar-refractivity contribution in [1.29, 1.82) is 0 Å². The Morgan fingerprint density at radius 1 is 0.880 bits per heavy atom. The van der Waals surface area contributed by atoms with Gasteiger partial charge in [0.1, 0.15) is 0 Å². The summed E-state index contributed by atoms with van der Waals surface area (Å²) in [5.74, 6) is 1.01. The number of amidine groups is 1. The minimum Gasteiger partial charge on any atom is -0.374 e. The number of hydrogen-bond acceptors (Lipinski definition) is 5. The predicted molar refractivity (Wildman–Crippen MR) is 113 cm³/mol. The molecule has 7 heteroatoms. The second-order valence-electron chi connectivity index (χ2n) is 5.75. The normalized spacial score (nSPS) is 12.6. The number of thioether (sulfide) groups is 1. The van der Waals surface area contributed by atoms with Crippen molar-refractivity contribution in [2.75, 3.05) is 38.7 Å². The molecule has 0 amide bonds. The Bertz CT molecular complexity index is 316. The summed E-state index contributed by atoms with van der Waals surface area (Å²) in [5.41, 5.74) is 0. The van der Waals surface area contributed by atoms with Crippen LogP contribution in [0.15, 0.2) is 4.99 Å². The zero-order chi connectivity index (χ0) is 18.8. The van der Waals surface area contributed by atoms with E-state index in [4.69, 9.17) is 18.3 Å². The minimum atomic E-state index is -2.50. The molecule has 1 N–H and O–H groups in total. The van der Waals surface area contributed by atoms with Crippen molar-refractivity contribution in [2.45, 2.75) is 72.8 Å². The first kappa shape index (κ1) is 24.9. The lowest BCUT2D eigenvalue weighted by Crippen LogP contribution is -2.46. The van der Waals surface area contributed by atoms with Crippen LogP contribution in [0.1, 0.15) is 66.7 Å². The summed E-state index contributed by atoms with van der Waals surface area (Å²) in [6.45, 7) is 14.3. The number of unbranched alkanes of at least 4 members (excludes halogenated alkanes) is 2. The average molecular weight is 393 g/mol. The third-order valence-corrected chi connectivity index (χ3v) is 7.72. The van der Waals surface area contributed by atoms with Gasteiger partial charge in [0, 0.05) is 44.7 Å². The van der Waals surface area contributed by atoms with Crippen molar-refractivity contribution in [3.8, 4) is 0 Å². The minimum absolute atomic E-state index is 0.641. The first-order chi connectivity index (χ1) is 12.2. The Morgan fingerprint density at radius 3 is 2.00 bits per heavy atom. The number of nitrogens with one attached hydrogen (secondary N) is 1. The number of hydrogen-bond donors (Lipinski definition) is 1. The summed E-state index contributed by atoms with van der Waals surface area (Å²) in [7, 11) is -2.50. The van der Waals surface area contributed by atoms with Gasteiger partial charge in [-0.25, -0.2) is 0 Å². The molecule has 0 saturated carbocycles. The average Bonchev–Trinajstić information content (AvgIpc) is 2.59. The molecule has 0 fully saturated rings. The van der Waals surface area contributed by atoms with Crippen LogP contribution in [0.3, 0.4) is 0 Å². The smallest absolute Gasteiger partial charge is 0.374 e. The number of aliphatic imine (C=N–C) groups is 1. The van der Waals surface area contributed by atoms with Crippen LogP contribution in [0, 0.1) is 0 Å². The van der Waals surface area contributed by atoms with Gasteiger partial charge in [-0.05, 0) is 40.0 Å². The monoisotopic (exact) mass is 392 g/mol. The van der Waals surface area contributed by atoms with Gasteiger partial charge in [-0.15, -0.1) is 0 Å². The van der Waals surface area contributed by atoms with Gasteiger partial charge in [-0.3, -0.25) is 4.99 Å². The molecule has 0 heterocycles. The summed E-state index contributed by atoms with van der Waals surface area (Å²) in [6.07, 6.45) is 5.73. The Balaban J connectivity index is 4.43. The summed E-state index contributed by atoms with van der Waals surface area (Å²) in [6, 6.07) is 0.868. The van der Waals surface area contributed by atoms with Crippen molar-refractivity contribution in [3.05, 3.63) is 0 Å². The Morgan fingerprint density at radius 2 is 1.48 bits per heavy atom. The van der Waals surface area contributed by atoms with E-state index in [0.717, 1.165) is 42.9 Å². The van der Waals surface area contributed by atoms with Crippen LogP contribution in [-0.2, 0) is 13.3 Å². The first-order valence-electron chi connectivity index (χ1n) is 10.0. The van der Waals surface area contributed by atoms with Crippen molar-refractivity contribution < 1.29 is 13.3 Å². The van der Waals surface area contributed by atoms with E-state index in [1.807, 2.05) is 32.5 Å². The van der Waals surface area contributed by atoms with E-state index in [-0.39, 0.29) is 0 Å². The first-order valence-corrected chi connectivity index (χ1v) is 12.9. The molecular formula is C18H40N2O3SSi. The second-order valence-corrected chi connectivity index (χ2v) is 9.57. The molecule has 25 heavy (non-hydrogen) atoms. The summed E-state index contributed by atoms with van der Waals surface area (Å²) in [4.78, 5) is 4.71. The van der Waals surface area contributed by atoms with E-state index in [1.165, 1.54) is 19.3 Å². The molecule has 0 atom stereocenters. The molecule has 5 nitrogen and oxygen atoms in total. The van der Waals surface area contributed by atoms with Gasteiger partial charge in [0.05, 0.1) is 0 Å². The van der Waals surface area contributed by atoms with E-state index in [2.05, 4.69) is 19.2 Å². The van der Waals surface area contributed by atoms with Crippen molar-refractivity contribution >= 4 is 25.7 Å². The SMILES string of the molecule is CCCCN=C(NCCCC)SCCC[Si](OCC)(OCC)OCC. The van der Waals surface area contributed by atoms with Crippen LogP contribution in [-0.4, -0.2) is 52.6 Å². The van der Waals surface area contributed by atoms with Crippen molar-refractivity contribution in [2.24, 2.45) is 4.99 Å². The maximum absolute atomic E-state index is 5.92. The van der Waals surface area contributed by atoms with Gasteiger partial charge in [-0.2, -0.15) is 0 Å². The molecule has 0 aliphatic heterocycles. The van der Waals surface area contributed by atoms with Gasteiger partial charge in [-0.1, -0.05) is 38.5 Å². The van der Waals surface area contributed by atoms with E-state index >= 15 is 0 Å². The quantitative estimate of drug-likeness (QED) is 0.178. The predicted octanol–water partition coefficient (Wildman–Crippen LogP) is 4.70. The Hall–Kier alpha value is -0.0831. The van der Waals surface area contributed by atoms with E-state index < -0.39 is 8.80 Å². The molecular weight excluding hydrogens is 352 g/mol. The largest absolute Gasteiger partial charge is 0.500 e.